The Morgan fingerprint density at radius 1 is 0.711 bits per heavy atom. The Hall–Kier alpha value is -3.26. The van der Waals surface area contributed by atoms with Gasteiger partial charge in [-0.25, -0.2) is 0 Å². The maximum absolute atomic E-state index is 12.1. The summed E-state index contributed by atoms with van der Waals surface area (Å²) < 4.78 is 0. The number of likely N-dealkylation sites (tertiary alicyclic amines) is 1. The van der Waals surface area contributed by atoms with Gasteiger partial charge in [-0.05, 0) is 61.3 Å². The highest BCUT2D eigenvalue weighted by Gasteiger charge is 2.11. The molecule has 5 rings (SSSR count). The molecular weight excluding hydrogens is 512 g/mol. The van der Waals surface area contributed by atoms with Gasteiger partial charge in [0.1, 0.15) is 0 Å². The van der Waals surface area contributed by atoms with Crippen LogP contribution in [-0.4, -0.2) is 48.1 Å². The fourth-order valence-corrected chi connectivity index (χ4v) is 6.38. The molecule has 0 atom stereocenters. The van der Waals surface area contributed by atoms with Gasteiger partial charge in [-0.1, -0.05) is 67.1 Å². The average molecular weight is 547 g/mol. The molecule has 3 heterocycles. The summed E-state index contributed by atoms with van der Waals surface area (Å²) in [4.78, 5) is 29.4. The van der Waals surface area contributed by atoms with E-state index in [4.69, 9.17) is 5.11 Å². The molecule has 7 heteroatoms. The highest BCUT2D eigenvalue weighted by molar-refractivity contribution is 7.15. The summed E-state index contributed by atoms with van der Waals surface area (Å²) in [7, 11) is 0. The lowest BCUT2D eigenvalue weighted by Crippen LogP contribution is -2.38. The minimum Gasteiger partial charge on any atom is -0.481 e. The summed E-state index contributed by atoms with van der Waals surface area (Å²) >= 11 is 3.24. The number of rotatable bonds is 9. The Morgan fingerprint density at radius 3 is 1.76 bits per heavy atom. The van der Waals surface area contributed by atoms with Crippen molar-refractivity contribution >= 4 is 34.6 Å². The van der Waals surface area contributed by atoms with Crippen LogP contribution in [0.3, 0.4) is 0 Å². The van der Waals surface area contributed by atoms with Gasteiger partial charge in [-0.15, -0.1) is 22.7 Å². The molecule has 2 N–H and O–H groups in total. The SMILES string of the molecule is O=C(Cc1ccc(-c2ccccc2)s1)NCCN1CCCCC1.O=C(O)Cc1ccc(-c2ccccc2)s1. The molecule has 2 aromatic heterocycles. The molecule has 0 saturated carbocycles. The van der Waals surface area contributed by atoms with Crippen LogP contribution in [0.2, 0.25) is 0 Å². The van der Waals surface area contributed by atoms with Gasteiger partial charge < -0.3 is 15.3 Å². The Balaban J connectivity index is 0.000000194. The van der Waals surface area contributed by atoms with E-state index < -0.39 is 5.97 Å². The summed E-state index contributed by atoms with van der Waals surface area (Å²) in [6, 6.07) is 28.3. The normalized spacial score (nSPS) is 13.4. The van der Waals surface area contributed by atoms with Crippen molar-refractivity contribution in [2.24, 2.45) is 0 Å². The van der Waals surface area contributed by atoms with Crippen molar-refractivity contribution in [3.8, 4) is 20.9 Å². The molecule has 38 heavy (non-hydrogen) atoms. The highest BCUT2D eigenvalue weighted by Crippen LogP contribution is 2.29. The van der Waals surface area contributed by atoms with E-state index in [1.54, 1.807) is 11.3 Å². The summed E-state index contributed by atoms with van der Waals surface area (Å²) in [5, 5.41) is 11.7. The zero-order valence-electron chi connectivity index (χ0n) is 21.5. The number of piperidine rings is 1. The smallest absolute Gasteiger partial charge is 0.308 e. The van der Waals surface area contributed by atoms with Gasteiger partial charge in [0.15, 0.2) is 0 Å². The Bertz CT molecular complexity index is 1280. The second kappa shape index (κ2) is 14.6. The molecule has 1 saturated heterocycles. The number of nitrogens with zero attached hydrogens (tertiary/aromatic N) is 1. The van der Waals surface area contributed by atoms with E-state index in [1.807, 2.05) is 60.7 Å². The van der Waals surface area contributed by atoms with E-state index in [2.05, 4.69) is 34.5 Å². The van der Waals surface area contributed by atoms with Gasteiger partial charge in [-0.3, -0.25) is 9.59 Å². The number of thiophene rings is 2. The molecule has 5 nitrogen and oxygen atoms in total. The van der Waals surface area contributed by atoms with E-state index in [9.17, 15) is 9.59 Å². The number of hydrogen-bond donors (Lipinski definition) is 2. The zero-order valence-corrected chi connectivity index (χ0v) is 23.1. The van der Waals surface area contributed by atoms with Crippen LogP contribution in [-0.2, 0) is 22.4 Å². The number of aliphatic carboxylic acids is 1. The van der Waals surface area contributed by atoms with Crippen molar-refractivity contribution in [2.75, 3.05) is 26.2 Å². The molecule has 0 aliphatic carbocycles. The van der Waals surface area contributed by atoms with E-state index in [-0.39, 0.29) is 12.3 Å². The van der Waals surface area contributed by atoms with E-state index in [1.165, 1.54) is 54.1 Å². The molecule has 0 radical (unpaired) electrons. The van der Waals surface area contributed by atoms with Crippen LogP contribution in [0.4, 0.5) is 0 Å². The Labute approximate surface area is 232 Å². The molecular formula is C31H34N2O3S2. The first-order valence-corrected chi connectivity index (χ1v) is 14.7. The number of hydrogen-bond acceptors (Lipinski definition) is 5. The maximum atomic E-state index is 12.1. The lowest BCUT2D eigenvalue weighted by molar-refractivity contribution is -0.136. The van der Waals surface area contributed by atoms with Crippen LogP contribution in [0.5, 0.6) is 0 Å². The second-order valence-corrected chi connectivity index (χ2v) is 11.6. The predicted octanol–water partition coefficient (Wildman–Crippen LogP) is 6.60. The van der Waals surface area contributed by atoms with Gasteiger partial charge >= 0.3 is 5.97 Å². The van der Waals surface area contributed by atoms with E-state index >= 15 is 0 Å². The predicted molar refractivity (Wildman–Crippen MR) is 158 cm³/mol. The number of benzene rings is 2. The van der Waals surface area contributed by atoms with Crippen LogP contribution in [0.25, 0.3) is 20.9 Å². The molecule has 198 valence electrons. The van der Waals surface area contributed by atoms with Gasteiger partial charge in [0.05, 0.1) is 12.8 Å². The molecule has 4 aromatic rings. The number of carboxylic acids is 1. The van der Waals surface area contributed by atoms with Gasteiger partial charge in [0.2, 0.25) is 5.91 Å². The molecule has 1 aliphatic rings. The molecule has 1 amide bonds. The van der Waals surface area contributed by atoms with Crippen molar-refractivity contribution in [1.29, 1.82) is 0 Å². The first-order chi connectivity index (χ1) is 18.6. The van der Waals surface area contributed by atoms with Gasteiger partial charge in [0, 0.05) is 32.6 Å². The van der Waals surface area contributed by atoms with Crippen molar-refractivity contribution in [1.82, 2.24) is 10.2 Å². The third-order valence-corrected chi connectivity index (χ3v) is 8.57. The van der Waals surface area contributed by atoms with Crippen LogP contribution in [0, 0.1) is 0 Å². The minimum absolute atomic E-state index is 0.109. The summed E-state index contributed by atoms with van der Waals surface area (Å²) in [6.45, 7) is 4.10. The van der Waals surface area contributed by atoms with Crippen LogP contribution in [0.15, 0.2) is 84.9 Å². The number of carboxylic acid groups (broad SMARTS) is 1. The highest BCUT2D eigenvalue weighted by atomic mass is 32.1. The Kier molecular flexibility index (Phi) is 10.7. The molecule has 1 aliphatic heterocycles. The van der Waals surface area contributed by atoms with Crippen LogP contribution >= 0.6 is 22.7 Å². The van der Waals surface area contributed by atoms with Gasteiger partial charge in [-0.2, -0.15) is 0 Å². The van der Waals surface area contributed by atoms with Crippen molar-refractivity contribution in [3.63, 3.8) is 0 Å². The largest absolute Gasteiger partial charge is 0.481 e. The van der Waals surface area contributed by atoms with E-state index in [0.29, 0.717) is 6.42 Å². The zero-order chi connectivity index (χ0) is 26.6. The van der Waals surface area contributed by atoms with Crippen molar-refractivity contribution in [3.05, 3.63) is 94.7 Å². The van der Waals surface area contributed by atoms with Crippen molar-refractivity contribution < 1.29 is 14.7 Å². The monoisotopic (exact) mass is 546 g/mol. The summed E-state index contributed by atoms with van der Waals surface area (Å²) in [5.41, 5.74) is 2.35. The fourth-order valence-electron chi connectivity index (χ4n) is 4.37. The number of nitrogens with one attached hydrogen (secondary N) is 1. The topological polar surface area (TPSA) is 69.6 Å². The average Bonchev–Trinajstić information content (AvgIpc) is 3.60. The summed E-state index contributed by atoms with van der Waals surface area (Å²) in [5.74, 6) is -0.653. The number of amides is 1. The van der Waals surface area contributed by atoms with E-state index in [0.717, 1.165) is 33.3 Å². The minimum atomic E-state index is -0.781. The molecule has 2 aromatic carbocycles. The second-order valence-electron chi connectivity index (χ2n) is 9.26. The summed E-state index contributed by atoms with van der Waals surface area (Å²) in [6.07, 6.45) is 4.54. The molecule has 1 fully saturated rings. The van der Waals surface area contributed by atoms with Crippen LogP contribution in [0.1, 0.15) is 29.0 Å². The lowest BCUT2D eigenvalue weighted by Gasteiger charge is -2.26. The third kappa shape index (κ3) is 8.94. The quantitative estimate of drug-likeness (QED) is 0.248. The first kappa shape index (κ1) is 27.8. The van der Waals surface area contributed by atoms with Crippen LogP contribution < -0.4 is 5.32 Å². The van der Waals surface area contributed by atoms with Crippen molar-refractivity contribution in [2.45, 2.75) is 32.1 Å². The molecule has 0 unspecified atom stereocenters. The Morgan fingerprint density at radius 2 is 1.24 bits per heavy atom. The molecule has 0 bridgehead atoms. The first-order valence-electron chi connectivity index (χ1n) is 13.1. The fraction of sp³-hybridized carbons (Fsp3) is 0.290. The number of carbonyl (C=O) groups is 2. The number of carbonyl (C=O) groups excluding carboxylic acids is 1. The van der Waals surface area contributed by atoms with Gasteiger partial charge in [0.25, 0.3) is 0 Å². The maximum Gasteiger partial charge on any atom is 0.308 e. The standard InChI is InChI=1S/C19H24N2OS.C12H10O2S/c22-19(20-11-14-21-12-5-2-6-13-21)15-17-9-10-18(23-17)16-7-3-1-4-8-16;13-12(14)8-10-6-7-11(15-10)9-4-2-1-3-5-9/h1,3-4,7-10H,2,5-6,11-15H2,(H,20,22);1-7H,8H2,(H,13,14). The lowest BCUT2D eigenvalue weighted by atomic mass is 10.1. The third-order valence-electron chi connectivity index (χ3n) is 6.30. The molecule has 0 spiro atoms.